The lowest BCUT2D eigenvalue weighted by Gasteiger charge is -2.24. The number of hydrogen-bond acceptors (Lipinski definition) is 2. The first-order valence-corrected chi connectivity index (χ1v) is 7.25. The second kappa shape index (κ2) is 6.19. The van der Waals surface area contributed by atoms with E-state index >= 15 is 0 Å². The Morgan fingerprint density at radius 2 is 2.05 bits per heavy atom. The Balaban J connectivity index is 2.44. The van der Waals surface area contributed by atoms with Gasteiger partial charge in [-0.25, -0.2) is 0 Å². The summed E-state index contributed by atoms with van der Waals surface area (Å²) in [6, 6.07) is 7.54. The maximum atomic E-state index is 12.7. The molecule has 0 aliphatic carbocycles. The lowest BCUT2D eigenvalue weighted by atomic mass is 9.98. The molecule has 1 aromatic heterocycles. The lowest BCUT2D eigenvalue weighted by molar-refractivity contribution is -0.141. The first kappa shape index (κ1) is 16.0. The number of nitrogens with two attached hydrogens (primary N) is 1. The van der Waals surface area contributed by atoms with Crippen LogP contribution in [-0.2, 0) is 6.18 Å². The van der Waals surface area contributed by atoms with Crippen LogP contribution in [0.1, 0.15) is 30.6 Å². The number of rotatable bonds is 4. The number of alkyl halides is 3. The van der Waals surface area contributed by atoms with Crippen molar-refractivity contribution in [1.29, 1.82) is 0 Å². The lowest BCUT2D eigenvalue weighted by Crippen LogP contribution is -2.33. The highest BCUT2D eigenvalue weighted by Crippen LogP contribution is 2.30. The van der Waals surface area contributed by atoms with E-state index in [1.807, 2.05) is 31.2 Å². The van der Waals surface area contributed by atoms with Crippen molar-refractivity contribution in [2.75, 3.05) is 0 Å². The fraction of sp³-hybridized carbons (Fsp3) is 0.357. The zero-order valence-electron chi connectivity index (χ0n) is 11.3. The predicted molar refractivity (Wildman–Crippen MR) is 77.8 cm³/mol. The van der Waals surface area contributed by atoms with E-state index in [4.69, 9.17) is 5.73 Å². The van der Waals surface area contributed by atoms with E-state index in [0.29, 0.717) is 6.42 Å². The van der Waals surface area contributed by atoms with Crippen molar-refractivity contribution in [1.82, 2.24) is 9.78 Å². The van der Waals surface area contributed by atoms with Crippen LogP contribution in [0.5, 0.6) is 0 Å². The molecule has 0 aliphatic rings. The minimum atomic E-state index is -4.45. The normalized spacial score (nSPS) is 15.0. The van der Waals surface area contributed by atoms with Crippen LogP contribution in [0.4, 0.5) is 13.2 Å². The molecule has 114 valence electrons. The van der Waals surface area contributed by atoms with Gasteiger partial charge in [-0.05, 0) is 30.2 Å². The van der Waals surface area contributed by atoms with Crippen LogP contribution in [0.25, 0.3) is 0 Å². The number of aromatic nitrogens is 2. The molecule has 1 heterocycles. The van der Waals surface area contributed by atoms with Crippen LogP contribution >= 0.6 is 15.9 Å². The third-order valence-electron chi connectivity index (χ3n) is 3.25. The van der Waals surface area contributed by atoms with Crippen molar-refractivity contribution in [3.05, 3.63) is 52.3 Å². The summed E-state index contributed by atoms with van der Waals surface area (Å²) >= 11 is 3.36. The van der Waals surface area contributed by atoms with Gasteiger partial charge in [0.15, 0.2) is 5.69 Å². The van der Waals surface area contributed by atoms with Crippen molar-refractivity contribution in [3.8, 4) is 0 Å². The number of benzene rings is 1. The van der Waals surface area contributed by atoms with Crippen molar-refractivity contribution < 1.29 is 13.2 Å². The number of hydrogen-bond donors (Lipinski definition) is 1. The predicted octanol–water partition coefficient (Wildman–Crippen LogP) is 3.99. The van der Waals surface area contributed by atoms with E-state index in [-0.39, 0.29) is 6.04 Å². The smallest absolute Gasteiger partial charge is 0.326 e. The third kappa shape index (κ3) is 3.65. The van der Waals surface area contributed by atoms with Gasteiger partial charge in [0.05, 0.1) is 6.04 Å². The molecule has 2 N–H and O–H groups in total. The van der Waals surface area contributed by atoms with Gasteiger partial charge in [0, 0.05) is 16.7 Å². The standard InChI is InChI=1S/C14H15BrF3N3/c1-2-11(19)13(9-4-3-5-10(15)8-9)21-7-6-12(20-21)14(16,17)18/h3-8,11,13H,2,19H2,1H3. The van der Waals surface area contributed by atoms with Gasteiger partial charge in [0.1, 0.15) is 0 Å². The monoisotopic (exact) mass is 361 g/mol. The Morgan fingerprint density at radius 1 is 1.33 bits per heavy atom. The molecule has 2 unspecified atom stereocenters. The van der Waals surface area contributed by atoms with Crippen molar-refractivity contribution >= 4 is 15.9 Å². The summed E-state index contributed by atoms with van der Waals surface area (Å²) in [5, 5.41) is 3.65. The maximum Gasteiger partial charge on any atom is 0.435 e. The van der Waals surface area contributed by atoms with Crippen LogP contribution < -0.4 is 5.73 Å². The number of nitrogens with zero attached hydrogens (tertiary/aromatic N) is 2. The molecule has 0 radical (unpaired) electrons. The molecule has 0 aliphatic heterocycles. The molecular formula is C14H15BrF3N3. The second-order valence-corrected chi connectivity index (χ2v) is 5.67. The second-order valence-electron chi connectivity index (χ2n) is 4.75. The minimum Gasteiger partial charge on any atom is -0.326 e. The molecule has 0 fully saturated rings. The molecule has 0 amide bonds. The van der Waals surface area contributed by atoms with Crippen molar-refractivity contribution in [3.63, 3.8) is 0 Å². The molecule has 0 bridgehead atoms. The molecule has 0 spiro atoms. The molecule has 2 atom stereocenters. The Morgan fingerprint density at radius 3 is 2.57 bits per heavy atom. The van der Waals surface area contributed by atoms with Crippen LogP contribution in [0.2, 0.25) is 0 Å². The van der Waals surface area contributed by atoms with Gasteiger partial charge >= 0.3 is 6.18 Å². The Kier molecular flexibility index (Phi) is 4.73. The molecule has 2 aromatic rings. The Bertz CT molecular complexity index is 610. The minimum absolute atomic E-state index is 0.333. The Hall–Kier alpha value is -1.34. The summed E-state index contributed by atoms with van der Waals surface area (Å²) in [5.41, 5.74) is 6.00. The average molecular weight is 362 g/mol. The summed E-state index contributed by atoms with van der Waals surface area (Å²) in [6.07, 6.45) is -2.51. The first-order chi connectivity index (χ1) is 9.82. The first-order valence-electron chi connectivity index (χ1n) is 6.46. The van der Waals surface area contributed by atoms with Crippen LogP contribution in [0.3, 0.4) is 0 Å². The van der Waals surface area contributed by atoms with Gasteiger partial charge < -0.3 is 5.73 Å². The maximum absolute atomic E-state index is 12.7. The SMILES string of the molecule is CCC(N)C(c1cccc(Br)c1)n1ccc(C(F)(F)F)n1. The quantitative estimate of drug-likeness (QED) is 0.894. The zero-order valence-corrected chi connectivity index (χ0v) is 12.9. The molecule has 7 heteroatoms. The third-order valence-corrected chi connectivity index (χ3v) is 3.74. The van der Waals surface area contributed by atoms with Crippen molar-refractivity contribution in [2.24, 2.45) is 5.73 Å². The average Bonchev–Trinajstić information content (AvgIpc) is 2.88. The molecule has 0 saturated carbocycles. The summed E-state index contributed by atoms with van der Waals surface area (Å²) < 4.78 is 40.2. The van der Waals surface area contributed by atoms with E-state index < -0.39 is 17.9 Å². The van der Waals surface area contributed by atoms with Gasteiger partial charge in [-0.3, -0.25) is 4.68 Å². The van der Waals surface area contributed by atoms with Gasteiger partial charge in [-0.15, -0.1) is 0 Å². The van der Waals surface area contributed by atoms with Crippen LogP contribution in [-0.4, -0.2) is 15.8 Å². The van der Waals surface area contributed by atoms with E-state index in [2.05, 4.69) is 21.0 Å². The van der Waals surface area contributed by atoms with E-state index in [9.17, 15) is 13.2 Å². The topological polar surface area (TPSA) is 43.8 Å². The van der Waals surface area contributed by atoms with Crippen LogP contribution in [0, 0.1) is 0 Å². The molecule has 1 aromatic carbocycles. The highest BCUT2D eigenvalue weighted by atomic mass is 79.9. The molecule has 0 saturated heterocycles. The Labute approximate surface area is 129 Å². The highest BCUT2D eigenvalue weighted by Gasteiger charge is 2.34. The fourth-order valence-electron chi connectivity index (χ4n) is 2.15. The van der Waals surface area contributed by atoms with Gasteiger partial charge in [-0.2, -0.15) is 18.3 Å². The molecule has 21 heavy (non-hydrogen) atoms. The summed E-state index contributed by atoms with van der Waals surface area (Å²) in [5.74, 6) is 0. The summed E-state index contributed by atoms with van der Waals surface area (Å²) in [6.45, 7) is 1.89. The largest absolute Gasteiger partial charge is 0.435 e. The van der Waals surface area contributed by atoms with Gasteiger partial charge in [-0.1, -0.05) is 35.0 Å². The molecule has 2 rings (SSSR count). The molecule has 3 nitrogen and oxygen atoms in total. The van der Waals surface area contributed by atoms with Crippen molar-refractivity contribution in [2.45, 2.75) is 31.6 Å². The van der Waals surface area contributed by atoms with E-state index in [1.165, 1.54) is 10.9 Å². The summed E-state index contributed by atoms with van der Waals surface area (Å²) in [4.78, 5) is 0. The van der Waals surface area contributed by atoms with Gasteiger partial charge in [0.25, 0.3) is 0 Å². The van der Waals surface area contributed by atoms with E-state index in [1.54, 1.807) is 0 Å². The summed E-state index contributed by atoms with van der Waals surface area (Å²) in [7, 11) is 0. The highest BCUT2D eigenvalue weighted by molar-refractivity contribution is 9.10. The van der Waals surface area contributed by atoms with Crippen LogP contribution in [0.15, 0.2) is 41.0 Å². The zero-order chi connectivity index (χ0) is 15.6. The fourth-order valence-corrected chi connectivity index (χ4v) is 2.57. The molecular weight excluding hydrogens is 347 g/mol. The van der Waals surface area contributed by atoms with E-state index in [0.717, 1.165) is 16.1 Å². The number of halogens is 4. The van der Waals surface area contributed by atoms with Gasteiger partial charge in [0.2, 0.25) is 0 Å².